The van der Waals surface area contributed by atoms with Gasteiger partial charge in [-0.1, -0.05) is 6.92 Å². The molecule has 0 saturated heterocycles. The number of thiophene rings is 1. The maximum atomic E-state index is 12.2. The minimum atomic E-state index is -3.38. The molecule has 1 atom stereocenters. The second-order valence-electron chi connectivity index (χ2n) is 3.97. The van der Waals surface area contributed by atoms with Crippen LogP contribution in [0.15, 0.2) is 16.3 Å². The normalized spacial score (nSPS) is 14.2. The van der Waals surface area contributed by atoms with E-state index >= 15 is 0 Å². The number of sulfonamides is 1. The number of hydrogen-bond donors (Lipinski definition) is 1. The van der Waals surface area contributed by atoms with E-state index in [4.69, 9.17) is 5.11 Å². The van der Waals surface area contributed by atoms with Crippen molar-refractivity contribution >= 4 is 21.4 Å². The standard InChI is InChI=1S/C11H19NO3S2/c1-4-9(2)12(3)17(14,15)11-6-5-10(16-11)7-8-13/h5-6,9,13H,4,7-8H2,1-3H3. The van der Waals surface area contributed by atoms with Crippen LogP contribution in [0, 0.1) is 0 Å². The minimum absolute atomic E-state index is 0.0107. The van der Waals surface area contributed by atoms with Gasteiger partial charge < -0.3 is 5.11 Å². The first-order valence-corrected chi connectivity index (χ1v) is 7.86. The van der Waals surface area contributed by atoms with E-state index in [9.17, 15) is 8.42 Å². The van der Waals surface area contributed by atoms with Gasteiger partial charge >= 0.3 is 0 Å². The van der Waals surface area contributed by atoms with Crippen LogP contribution < -0.4 is 0 Å². The van der Waals surface area contributed by atoms with E-state index in [1.165, 1.54) is 15.6 Å². The summed E-state index contributed by atoms with van der Waals surface area (Å²) in [6.45, 7) is 3.89. The predicted octanol–water partition coefficient (Wildman–Crippen LogP) is 1.70. The maximum Gasteiger partial charge on any atom is 0.252 e. The summed E-state index contributed by atoms with van der Waals surface area (Å²) in [6, 6.07) is 3.37. The van der Waals surface area contributed by atoms with Gasteiger partial charge in [0.05, 0.1) is 0 Å². The number of nitrogens with zero attached hydrogens (tertiary/aromatic N) is 1. The first-order valence-electron chi connectivity index (χ1n) is 5.61. The fourth-order valence-corrected chi connectivity index (χ4v) is 4.34. The molecule has 0 aliphatic heterocycles. The van der Waals surface area contributed by atoms with Crippen molar-refractivity contribution in [2.75, 3.05) is 13.7 Å². The zero-order valence-corrected chi connectivity index (χ0v) is 12.0. The smallest absolute Gasteiger partial charge is 0.252 e. The highest BCUT2D eigenvalue weighted by Crippen LogP contribution is 2.26. The summed E-state index contributed by atoms with van der Waals surface area (Å²) in [6.07, 6.45) is 1.29. The van der Waals surface area contributed by atoms with Crippen LogP contribution >= 0.6 is 11.3 Å². The quantitative estimate of drug-likeness (QED) is 0.861. The van der Waals surface area contributed by atoms with Crippen LogP contribution in [0.1, 0.15) is 25.1 Å². The molecule has 0 radical (unpaired) electrons. The molecule has 0 amide bonds. The topological polar surface area (TPSA) is 57.6 Å². The molecule has 1 rings (SSSR count). The monoisotopic (exact) mass is 277 g/mol. The van der Waals surface area contributed by atoms with E-state index in [2.05, 4.69) is 0 Å². The molecular weight excluding hydrogens is 258 g/mol. The Bertz CT molecular complexity index is 453. The van der Waals surface area contributed by atoms with Crippen molar-refractivity contribution in [2.45, 2.75) is 36.9 Å². The molecule has 0 spiro atoms. The van der Waals surface area contributed by atoms with E-state index in [0.717, 1.165) is 11.3 Å². The molecule has 1 N–H and O–H groups in total. The molecule has 0 saturated carbocycles. The number of hydrogen-bond acceptors (Lipinski definition) is 4. The largest absolute Gasteiger partial charge is 0.396 e. The molecular formula is C11H19NO3S2. The molecule has 0 aliphatic rings. The lowest BCUT2D eigenvalue weighted by Gasteiger charge is -2.22. The Labute approximate surface area is 107 Å². The van der Waals surface area contributed by atoms with Crippen molar-refractivity contribution < 1.29 is 13.5 Å². The van der Waals surface area contributed by atoms with Gasteiger partial charge in [0.2, 0.25) is 0 Å². The van der Waals surface area contributed by atoms with Crippen molar-refractivity contribution in [3.63, 3.8) is 0 Å². The SMILES string of the molecule is CCC(C)N(C)S(=O)(=O)c1ccc(CCO)s1. The summed E-state index contributed by atoms with van der Waals surface area (Å²) in [5, 5.41) is 8.81. The lowest BCUT2D eigenvalue weighted by atomic mass is 10.3. The zero-order valence-electron chi connectivity index (χ0n) is 10.4. The fourth-order valence-electron chi connectivity index (χ4n) is 1.38. The summed E-state index contributed by atoms with van der Waals surface area (Å²) in [4.78, 5) is 0.892. The summed E-state index contributed by atoms with van der Waals surface area (Å²) >= 11 is 1.23. The molecule has 1 heterocycles. The Balaban J connectivity index is 2.96. The second kappa shape index (κ2) is 5.95. The Morgan fingerprint density at radius 2 is 2.12 bits per heavy atom. The summed E-state index contributed by atoms with van der Waals surface area (Å²) in [5.74, 6) is 0. The Hall–Kier alpha value is -0.430. The third-order valence-corrected chi connectivity index (χ3v) is 6.42. The van der Waals surface area contributed by atoms with Crippen molar-refractivity contribution in [3.8, 4) is 0 Å². The molecule has 6 heteroatoms. The Morgan fingerprint density at radius 3 is 2.65 bits per heavy atom. The lowest BCUT2D eigenvalue weighted by molar-refractivity contribution is 0.300. The first kappa shape index (κ1) is 14.6. The average molecular weight is 277 g/mol. The summed E-state index contributed by atoms with van der Waals surface area (Å²) in [7, 11) is -1.77. The Morgan fingerprint density at radius 1 is 1.47 bits per heavy atom. The molecule has 0 bridgehead atoms. The van der Waals surface area contributed by atoms with Crippen molar-refractivity contribution in [1.82, 2.24) is 4.31 Å². The Kier molecular flexibility index (Phi) is 5.12. The van der Waals surface area contributed by atoms with Gasteiger partial charge in [-0.3, -0.25) is 0 Å². The first-order chi connectivity index (χ1) is 7.93. The summed E-state index contributed by atoms with van der Waals surface area (Å²) in [5.41, 5.74) is 0. The van der Waals surface area contributed by atoms with E-state index in [0.29, 0.717) is 10.6 Å². The fraction of sp³-hybridized carbons (Fsp3) is 0.636. The third-order valence-electron chi connectivity index (χ3n) is 2.84. The van der Waals surface area contributed by atoms with Crippen LogP contribution in [0.5, 0.6) is 0 Å². The third kappa shape index (κ3) is 3.28. The second-order valence-corrected chi connectivity index (χ2v) is 7.37. The summed E-state index contributed by atoms with van der Waals surface area (Å²) < 4.78 is 26.2. The van der Waals surface area contributed by atoms with Gasteiger partial charge in [0.15, 0.2) is 0 Å². The number of aliphatic hydroxyl groups excluding tert-OH is 1. The molecule has 4 nitrogen and oxygen atoms in total. The van der Waals surface area contributed by atoms with Gasteiger partial charge in [-0.2, -0.15) is 4.31 Å². The van der Waals surface area contributed by atoms with E-state index < -0.39 is 10.0 Å². The highest BCUT2D eigenvalue weighted by Gasteiger charge is 2.25. The van der Waals surface area contributed by atoms with Crippen LogP contribution in [0.3, 0.4) is 0 Å². The van der Waals surface area contributed by atoms with Crippen LogP contribution in [0.25, 0.3) is 0 Å². The minimum Gasteiger partial charge on any atom is -0.396 e. The van der Waals surface area contributed by atoms with Gasteiger partial charge in [-0.15, -0.1) is 11.3 Å². The molecule has 1 aromatic heterocycles. The van der Waals surface area contributed by atoms with Gasteiger partial charge in [-0.05, 0) is 25.5 Å². The van der Waals surface area contributed by atoms with Crippen LogP contribution in [0.2, 0.25) is 0 Å². The number of rotatable bonds is 6. The zero-order chi connectivity index (χ0) is 13.1. The van der Waals surface area contributed by atoms with E-state index in [1.807, 2.05) is 13.8 Å². The molecule has 0 fully saturated rings. The van der Waals surface area contributed by atoms with Gasteiger partial charge in [-0.25, -0.2) is 8.42 Å². The molecule has 1 aromatic rings. The molecule has 1 unspecified atom stereocenters. The average Bonchev–Trinajstić information content (AvgIpc) is 2.76. The van der Waals surface area contributed by atoms with Crippen LogP contribution in [-0.2, 0) is 16.4 Å². The molecule has 17 heavy (non-hydrogen) atoms. The maximum absolute atomic E-state index is 12.2. The van der Waals surface area contributed by atoms with Crippen LogP contribution in [-0.4, -0.2) is 37.5 Å². The molecule has 0 aromatic carbocycles. The predicted molar refractivity (Wildman–Crippen MR) is 69.8 cm³/mol. The van der Waals surface area contributed by atoms with Crippen molar-refractivity contribution in [1.29, 1.82) is 0 Å². The van der Waals surface area contributed by atoms with Crippen molar-refractivity contribution in [2.24, 2.45) is 0 Å². The van der Waals surface area contributed by atoms with E-state index in [1.54, 1.807) is 19.2 Å². The van der Waals surface area contributed by atoms with Gasteiger partial charge in [0, 0.05) is 31.0 Å². The lowest BCUT2D eigenvalue weighted by Crippen LogP contribution is -2.34. The van der Waals surface area contributed by atoms with Gasteiger partial charge in [0.1, 0.15) is 4.21 Å². The number of aliphatic hydroxyl groups is 1. The van der Waals surface area contributed by atoms with Gasteiger partial charge in [0.25, 0.3) is 10.0 Å². The van der Waals surface area contributed by atoms with Crippen molar-refractivity contribution in [3.05, 3.63) is 17.0 Å². The highest BCUT2D eigenvalue weighted by molar-refractivity contribution is 7.91. The molecule has 98 valence electrons. The highest BCUT2D eigenvalue weighted by atomic mass is 32.2. The van der Waals surface area contributed by atoms with Crippen LogP contribution in [0.4, 0.5) is 0 Å². The molecule has 0 aliphatic carbocycles. The van der Waals surface area contributed by atoms with E-state index in [-0.39, 0.29) is 12.6 Å².